The van der Waals surface area contributed by atoms with Gasteiger partial charge in [-0.15, -0.1) is 11.6 Å². The Morgan fingerprint density at radius 2 is 1.33 bits per heavy atom. The highest BCUT2D eigenvalue weighted by Crippen LogP contribution is 2.27. The number of methoxy groups -OCH3 is 1. The maximum atomic E-state index is 12.7. The molecule has 2 aromatic carbocycles. The number of halogens is 2. The van der Waals surface area contributed by atoms with E-state index >= 15 is 0 Å². The molecule has 0 aliphatic heterocycles. The van der Waals surface area contributed by atoms with Gasteiger partial charge in [0.25, 0.3) is 0 Å². The van der Waals surface area contributed by atoms with E-state index in [1.54, 1.807) is 12.1 Å². The first-order chi connectivity index (χ1) is 20.2. The van der Waals surface area contributed by atoms with Crippen LogP contribution in [0.4, 0.5) is 11.4 Å². The zero-order valence-corrected chi connectivity index (χ0v) is 27.3. The van der Waals surface area contributed by atoms with Crippen LogP contribution in [0, 0.1) is 0 Å². The maximum absolute atomic E-state index is 12.7. The Labute approximate surface area is 262 Å². The van der Waals surface area contributed by atoms with E-state index in [2.05, 4.69) is 17.0 Å². The molecule has 1 atom stereocenters. The first-order valence-electron chi connectivity index (χ1n) is 15.1. The maximum Gasteiger partial charge on any atom is 0.250 e. The molecular weight excluding hydrogens is 595 g/mol. The van der Waals surface area contributed by atoms with E-state index in [-0.39, 0.29) is 27.7 Å². The van der Waals surface area contributed by atoms with Crippen LogP contribution in [0.25, 0.3) is 0 Å². The van der Waals surface area contributed by atoms with Crippen LogP contribution in [0.5, 0.6) is 5.75 Å². The molecule has 0 aliphatic rings. The number of rotatable bonds is 22. The summed E-state index contributed by atoms with van der Waals surface area (Å²) < 4.78 is 32.9. The number of Topliss-reactive ketones (excluding diaryl/α,β-unsaturated/α-hetero) is 1. The number of carbonyl (C=O) groups is 2. The summed E-state index contributed by atoms with van der Waals surface area (Å²) >= 11 is 12.4. The van der Waals surface area contributed by atoms with Crippen molar-refractivity contribution < 1.29 is 22.7 Å². The number of unbranched alkanes of at least 4 members (excludes halogenated alkanes) is 13. The van der Waals surface area contributed by atoms with E-state index in [9.17, 15) is 18.0 Å². The van der Waals surface area contributed by atoms with E-state index in [4.69, 9.17) is 27.9 Å². The lowest BCUT2D eigenvalue weighted by Gasteiger charge is -2.14. The van der Waals surface area contributed by atoms with Crippen LogP contribution >= 0.6 is 23.2 Å². The number of sulfonamides is 1. The van der Waals surface area contributed by atoms with Crippen LogP contribution in [0.2, 0.25) is 5.02 Å². The number of nitrogens with one attached hydrogen (secondary N) is 2. The Morgan fingerprint density at radius 1 is 0.810 bits per heavy atom. The average molecular weight is 642 g/mol. The van der Waals surface area contributed by atoms with E-state index in [0.29, 0.717) is 12.2 Å². The van der Waals surface area contributed by atoms with Crippen molar-refractivity contribution in [2.75, 3.05) is 22.9 Å². The van der Waals surface area contributed by atoms with Gasteiger partial charge in [0, 0.05) is 5.56 Å². The van der Waals surface area contributed by atoms with Crippen LogP contribution in [0.3, 0.4) is 0 Å². The topological polar surface area (TPSA) is 102 Å². The quantitative estimate of drug-likeness (QED) is 0.0578. The van der Waals surface area contributed by atoms with Gasteiger partial charge in [0.15, 0.2) is 11.2 Å². The molecule has 0 radical (unpaired) electrons. The standard InChI is InChI=1S/C32H46Cl2N2O5S/c1-3-4-5-6-7-8-9-10-11-12-13-14-15-16-23-42(39,40)36-26-19-22-28(33)29(24-26)35-32(38)30(34)31(37)25-17-20-27(41-2)21-18-25/h17-22,24,30,36H,3-16,23H2,1-2H3,(H,35,38). The van der Waals surface area contributed by atoms with E-state index in [1.807, 2.05) is 0 Å². The highest BCUT2D eigenvalue weighted by Gasteiger charge is 2.26. The van der Waals surface area contributed by atoms with Gasteiger partial charge in [-0.3, -0.25) is 14.3 Å². The minimum Gasteiger partial charge on any atom is -0.497 e. The lowest BCUT2D eigenvalue weighted by Crippen LogP contribution is -2.30. The number of carbonyl (C=O) groups excluding carboxylic acids is 2. The summed E-state index contributed by atoms with van der Waals surface area (Å²) in [4.78, 5) is 25.3. The molecule has 42 heavy (non-hydrogen) atoms. The van der Waals surface area contributed by atoms with Gasteiger partial charge in [-0.2, -0.15) is 0 Å². The lowest BCUT2D eigenvalue weighted by molar-refractivity contribution is -0.115. The molecule has 234 valence electrons. The number of benzene rings is 2. The Hall–Kier alpha value is -2.29. The number of hydrogen-bond donors (Lipinski definition) is 2. The van der Waals surface area contributed by atoms with E-state index in [0.717, 1.165) is 19.3 Å². The summed E-state index contributed by atoms with van der Waals surface area (Å²) in [6.07, 6.45) is 16.7. The van der Waals surface area contributed by atoms with Crippen molar-refractivity contribution in [3.63, 3.8) is 0 Å². The van der Waals surface area contributed by atoms with Gasteiger partial charge in [0.05, 0.1) is 29.3 Å². The predicted octanol–water partition coefficient (Wildman–Crippen LogP) is 9.00. The van der Waals surface area contributed by atoms with E-state index in [1.165, 1.54) is 102 Å². The number of hydrogen-bond acceptors (Lipinski definition) is 5. The molecule has 0 fully saturated rings. The third-order valence-corrected chi connectivity index (χ3v) is 9.20. The van der Waals surface area contributed by atoms with Crippen molar-refractivity contribution in [3.8, 4) is 5.75 Å². The molecule has 2 N–H and O–H groups in total. The van der Waals surface area contributed by atoms with Gasteiger partial charge in [0.2, 0.25) is 15.9 Å². The van der Waals surface area contributed by atoms with Crippen molar-refractivity contribution in [1.29, 1.82) is 0 Å². The fourth-order valence-electron chi connectivity index (χ4n) is 4.62. The zero-order chi connectivity index (χ0) is 30.8. The molecule has 0 saturated carbocycles. The molecule has 0 saturated heterocycles. The molecule has 0 aromatic heterocycles. The Kier molecular flexibility index (Phi) is 16.9. The molecule has 2 aromatic rings. The highest BCUT2D eigenvalue weighted by molar-refractivity contribution is 7.92. The molecule has 2 rings (SSSR count). The fourth-order valence-corrected chi connectivity index (χ4v) is 6.14. The van der Waals surface area contributed by atoms with Crippen molar-refractivity contribution >= 4 is 56.3 Å². The van der Waals surface area contributed by atoms with E-state index < -0.39 is 27.1 Å². The summed E-state index contributed by atoms with van der Waals surface area (Å²) in [5.74, 6) is -0.785. The van der Waals surface area contributed by atoms with Crippen molar-refractivity contribution in [2.24, 2.45) is 0 Å². The third-order valence-electron chi connectivity index (χ3n) is 7.10. The first-order valence-corrected chi connectivity index (χ1v) is 17.6. The van der Waals surface area contributed by atoms with Gasteiger partial charge in [0.1, 0.15) is 5.75 Å². The first kappa shape index (κ1) is 35.9. The summed E-state index contributed by atoms with van der Waals surface area (Å²) in [6.45, 7) is 2.24. The Morgan fingerprint density at radius 3 is 1.86 bits per heavy atom. The van der Waals surface area contributed by atoms with Gasteiger partial charge in [-0.05, 0) is 48.9 Å². The summed E-state index contributed by atoms with van der Waals surface area (Å²) in [7, 11) is -2.07. The monoisotopic (exact) mass is 640 g/mol. The predicted molar refractivity (Wildman–Crippen MR) is 175 cm³/mol. The minimum atomic E-state index is -3.58. The smallest absolute Gasteiger partial charge is 0.250 e. The third kappa shape index (κ3) is 13.8. The molecular formula is C32H46Cl2N2O5S. The van der Waals surface area contributed by atoms with Crippen LogP contribution in [0.1, 0.15) is 107 Å². The van der Waals surface area contributed by atoms with Gasteiger partial charge in [-0.25, -0.2) is 8.42 Å². The summed E-state index contributed by atoms with van der Waals surface area (Å²) in [6, 6.07) is 10.6. The number of ether oxygens (including phenoxy) is 1. The molecule has 0 bridgehead atoms. The fraction of sp³-hybridized carbons (Fsp3) is 0.562. The second-order valence-corrected chi connectivity index (χ2v) is 13.3. The molecule has 0 heterocycles. The Bertz CT molecular complexity index is 1210. The van der Waals surface area contributed by atoms with Crippen LogP contribution in [0.15, 0.2) is 42.5 Å². The molecule has 7 nitrogen and oxygen atoms in total. The normalized spacial score (nSPS) is 12.1. The number of amides is 1. The number of anilines is 2. The second kappa shape index (κ2) is 19.8. The Balaban J connectivity index is 1.71. The van der Waals surface area contributed by atoms with Crippen molar-refractivity contribution in [1.82, 2.24) is 0 Å². The highest BCUT2D eigenvalue weighted by atomic mass is 35.5. The molecule has 0 spiro atoms. The van der Waals surface area contributed by atoms with Crippen molar-refractivity contribution in [3.05, 3.63) is 53.1 Å². The van der Waals surface area contributed by atoms with Gasteiger partial charge < -0.3 is 10.1 Å². The van der Waals surface area contributed by atoms with Crippen LogP contribution in [-0.4, -0.2) is 38.3 Å². The molecule has 1 unspecified atom stereocenters. The average Bonchev–Trinajstić information content (AvgIpc) is 2.98. The molecule has 1 amide bonds. The van der Waals surface area contributed by atoms with Crippen LogP contribution in [-0.2, 0) is 14.8 Å². The van der Waals surface area contributed by atoms with Crippen LogP contribution < -0.4 is 14.8 Å². The minimum absolute atomic E-state index is 0.00939. The largest absolute Gasteiger partial charge is 0.497 e. The van der Waals surface area contributed by atoms with Gasteiger partial charge >= 0.3 is 0 Å². The second-order valence-electron chi connectivity index (χ2n) is 10.7. The lowest BCUT2D eigenvalue weighted by atomic mass is 10.0. The number of alkyl halides is 1. The summed E-state index contributed by atoms with van der Waals surface area (Å²) in [5, 5.41) is 1.20. The van der Waals surface area contributed by atoms with Crippen molar-refractivity contribution in [2.45, 2.75) is 102 Å². The number of ketones is 1. The van der Waals surface area contributed by atoms with Gasteiger partial charge in [-0.1, -0.05) is 102 Å². The SMILES string of the molecule is CCCCCCCCCCCCCCCCS(=O)(=O)Nc1ccc(Cl)c(NC(=O)C(Cl)C(=O)c2ccc(OC)cc2)c1. The molecule has 0 aliphatic carbocycles. The zero-order valence-electron chi connectivity index (χ0n) is 24.9. The molecule has 10 heteroatoms. The summed E-state index contributed by atoms with van der Waals surface area (Å²) in [5.41, 5.74) is 0.654.